The second-order valence-corrected chi connectivity index (χ2v) is 4.97. The van der Waals surface area contributed by atoms with Crippen LogP contribution in [0.3, 0.4) is 0 Å². The van der Waals surface area contributed by atoms with Crippen molar-refractivity contribution in [1.82, 2.24) is 15.0 Å². The van der Waals surface area contributed by atoms with E-state index in [0.29, 0.717) is 11.4 Å². The number of aromatic amines is 1. The maximum absolute atomic E-state index is 11.4. The average molecular weight is 296 g/mol. The molecule has 1 atom stereocenters. The van der Waals surface area contributed by atoms with Crippen LogP contribution in [0, 0.1) is 0 Å². The molecule has 1 unspecified atom stereocenters. The number of aromatic nitrogens is 3. The molecule has 0 bridgehead atoms. The van der Waals surface area contributed by atoms with Crippen LogP contribution in [0.15, 0.2) is 42.9 Å². The van der Waals surface area contributed by atoms with Crippen LogP contribution in [0.1, 0.15) is 28.9 Å². The lowest BCUT2D eigenvalue weighted by Gasteiger charge is -2.14. The van der Waals surface area contributed by atoms with Gasteiger partial charge in [-0.1, -0.05) is 0 Å². The monoisotopic (exact) mass is 296 g/mol. The van der Waals surface area contributed by atoms with Crippen LogP contribution in [-0.4, -0.2) is 28.0 Å². The predicted molar refractivity (Wildman–Crippen MR) is 83.7 cm³/mol. The summed E-state index contributed by atoms with van der Waals surface area (Å²) in [5.41, 5.74) is 2.36. The highest BCUT2D eigenvalue weighted by Gasteiger charge is 2.10. The first-order chi connectivity index (χ1) is 10.7. The molecule has 0 aromatic carbocycles. The largest absolute Gasteiger partial charge is 0.465 e. The van der Waals surface area contributed by atoms with Gasteiger partial charge in [-0.3, -0.25) is 0 Å². The Bertz CT molecular complexity index is 795. The lowest BCUT2D eigenvalue weighted by molar-refractivity contribution is 0.0600. The summed E-state index contributed by atoms with van der Waals surface area (Å²) in [5, 5.41) is 4.36. The van der Waals surface area contributed by atoms with Crippen molar-refractivity contribution >= 4 is 22.8 Å². The SMILES string of the molecule is COC(=O)c1ccc(NC(C)c2cnc3[nH]ccc3c2)nc1. The minimum atomic E-state index is -0.394. The molecule has 6 nitrogen and oxygen atoms in total. The molecule has 3 aromatic heterocycles. The van der Waals surface area contributed by atoms with Crippen molar-refractivity contribution in [2.45, 2.75) is 13.0 Å². The van der Waals surface area contributed by atoms with E-state index in [1.54, 1.807) is 12.1 Å². The molecule has 0 spiro atoms. The van der Waals surface area contributed by atoms with Crippen LogP contribution >= 0.6 is 0 Å². The van der Waals surface area contributed by atoms with Crippen molar-refractivity contribution in [3.05, 3.63) is 54.0 Å². The van der Waals surface area contributed by atoms with Crippen LogP contribution in [0.25, 0.3) is 11.0 Å². The summed E-state index contributed by atoms with van der Waals surface area (Å²) in [6.07, 6.45) is 5.19. The van der Waals surface area contributed by atoms with Gasteiger partial charge in [0.05, 0.1) is 18.7 Å². The summed E-state index contributed by atoms with van der Waals surface area (Å²) < 4.78 is 4.65. The molecule has 22 heavy (non-hydrogen) atoms. The third-order valence-electron chi connectivity index (χ3n) is 3.47. The number of methoxy groups -OCH3 is 1. The fourth-order valence-electron chi connectivity index (χ4n) is 2.22. The Labute approximate surface area is 127 Å². The first-order valence-electron chi connectivity index (χ1n) is 6.91. The molecule has 0 fully saturated rings. The number of H-pyrrole nitrogens is 1. The van der Waals surface area contributed by atoms with Crippen LogP contribution < -0.4 is 5.32 Å². The smallest absolute Gasteiger partial charge is 0.339 e. The van der Waals surface area contributed by atoms with E-state index in [0.717, 1.165) is 16.6 Å². The van der Waals surface area contributed by atoms with Crippen molar-refractivity contribution in [3.8, 4) is 0 Å². The molecule has 0 aliphatic heterocycles. The molecular formula is C16H16N4O2. The minimum absolute atomic E-state index is 0.0447. The number of pyridine rings is 2. The average Bonchev–Trinajstić information content (AvgIpc) is 3.02. The minimum Gasteiger partial charge on any atom is -0.465 e. The fraction of sp³-hybridized carbons (Fsp3) is 0.188. The fourth-order valence-corrected chi connectivity index (χ4v) is 2.22. The van der Waals surface area contributed by atoms with Gasteiger partial charge in [0, 0.05) is 24.0 Å². The van der Waals surface area contributed by atoms with Gasteiger partial charge < -0.3 is 15.0 Å². The van der Waals surface area contributed by atoms with Gasteiger partial charge in [0.1, 0.15) is 11.5 Å². The number of carbonyl (C=O) groups is 1. The molecular weight excluding hydrogens is 280 g/mol. The third-order valence-corrected chi connectivity index (χ3v) is 3.47. The van der Waals surface area contributed by atoms with E-state index in [9.17, 15) is 4.79 Å². The normalized spacial score (nSPS) is 12.1. The molecule has 2 N–H and O–H groups in total. The number of nitrogens with one attached hydrogen (secondary N) is 2. The Morgan fingerprint density at radius 2 is 2.14 bits per heavy atom. The molecule has 6 heteroatoms. The number of anilines is 1. The van der Waals surface area contributed by atoms with Crippen molar-refractivity contribution in [2.75, 3.05) is 12.4 Å². The summed E-state index contributed by atoms with van der Waals surface area (Å²) in [6.45, 7) is 2.03. The Kier molecular flexibility index (Phi) is 3.74. The Morgan fingerprint density at radius 3 is 2.86 bits per heavy atom. The van der Waals surface area contributed by atoms with E-state index < -0.39 is 5.97 Å². The van der Waals surface area contributed by atoms with Gasteiger partial charge in [0.15, 0.2) is 0 Å². The summed E-state index contributed by atoms with van der Waals surface area (Å²) in [4.78, 5) is 23.0. The maximum Gasteiger partial charge on any atom is 0.339 e. The highest BCUT2D eigenvalue weighted by molar-refractivity contribution is 5.89. The van der Waals surface area contributed by atoms with Crippen molar-refractivity contribution in [2.24, 2.45) is 0 Å². The van der Waals surface area contributed by atoms with E-state index in [1.807, 2.05) is 25.4 Å². The van der Waals surface area contributed by atoms with E-state index in [-0.39, 0.29) is 6.04 Å². The second kappa shape index (κ2) is 5.85. The topological polar surface area (TPSA) is 79.9 Å². The second-order valence-electron chi connectivity index (χ2n) is 4.97. The van der Waals surface area contributed by atoms with Gasteiger partial charge in [-0.05, 0) is 36.8 Å². The van der Waals surface area contributed by atoms with Crippen molar-refractivity contribution in [3.63, 3.8) is 0 Å². The van der Waals surface area contributed by atoms with Gasteiger partial charge in [-0.25, -0.2) is 14.8 Å². The quantitative estimate of drug-likeness (QED) is 0.724. The number of carbonyl (C=O) groups excluding carboxylic acids is 1. The molecule has 0 aliphatic carbocycles. The van der Waals surface area contributed by atoms with Crippen molar-refractivity contribution in [1.29, 1.82) is 0 Å². The molecule has 3 rings (SSSR count). The highest BCUT2D eigenvalue weighted by Crippen LogP contribution is 2.20. The summed E-state index contributed by atoms with van der Waals surface area (Å²) in [5.74, 6) is 0.295. The van der Waals surface area contributed by atoms with Crippen LogP contribution in [0.5, 0.6) is 0 Å². The highest BCUT2D eigenvalue weighted by atomic mass is 16.5. The van der Waals surface area contributed by atoms with Gasteiger partial charge in [0.2, 0.25) is 0 Å². The Hall–Kier alpha value is -2.89. The zero-order valence-electron chi connectivity index (χ0n) is 12.3. The summed E-state index contributed by atoms with van der Waals surface area (Å²) >= 11 is 0. The molecule has 0 saturated carbocycles. The zero-order valence-corrected chi connectivity index (χ0v) is 12.3. The Balaban J connectivity index is 1.75. The number of ether oxygens (including phenoxy) is 1. The zero-order chi connectivity index (χ0) is 15.5. The van der Waals surface area contributed by atoms with Gasteiger partial charge in [0.25, 0.3) is 0 Å². The third kappa shape index (κ3) is 2.76. The van der Waals surface area contributed by atoms with Gasteiger partial charge >= 0.3 is 5.97 Å². The number of nitrogens with zero attached hydrogens (tertiary/aromatic N) is 2. The molecule has 3 heterocycles. The van der Waals surface area contributed by atoms with Gasteiger partial charge in [-0.2, -0.15) is 0 Å². The number of esters is 1. The molecule has 0 saturated heterocycles. The predicted octanol–water partition coefficient (Wildman–Crippen LogP) is 2.92. The molecule has 0 amide bonds. The lowest BCUT2D eigenvalue weighted by Crippen LogP contribution is -2.09. The van der Waals surface area contributed by atoms with Crippen LogP contribution in [-0.2, 0) is 4.74 Å². The lowest BCUT2D eigenvalue weighted by atomic mass is 10.1. The van der Waals surface area contributed by atoms with Crippen molar-refractivity contribution < 1.29 is 9.53 Å². The molecule has 0 radical (unpaired) electrons. The first-order valence-corrected chi connectivity index (χ1v) is 6.91. The van der Waals surface area contributed by atoms with E-state index in [1.165, 1.54) is 13.3 Å². The number of fused-ring (bicyclic) bond motifs is 1. The first kappa shape index (κ1) is 14.1. The van der Waals surface area contributed by atoms with E-state index in [2.05, 4.69) is 31.1 Å². The van der Waals surface area contributed by atoms with Crippen LogP contribution in [0.4, 0.5) is 5.82 Å². The number of hydrogen-bond acceptors (Lipinski definition) is 5. The molecule has 0 aliphatic rings. The number of hydrogen-bond donors (Lipinski definition) is 2. The maximum atomic E-state index is 11.4. The Morgan fingerprint density at radius 1 is 1.27 bits per heavy atom. The van der Waals surface area contributed by atoms with E-state index in [4.69, 9.17) is 0 Å². The molecule has 3 aromatic rings. The summed E-state index contributed by atoms with van der Waals surface area (Å²) in [7, 11) is 1.35. The van der Waals surface area contributed by atoms with Gasteiger partial charge in [-0.15, -0.1) is 0 Å². The van der Waals surface area contributed by atoms with E-state index >= 15 is 0 Å². The number of rotatable bonds is 4. The standard InChI is InChI=1S/C16H16N4O2/c1-10(13-7-11-5-6-17-15(11)19-9-13)20-14-4-3-12(8-18-14)16(21)22-2/h3-10H,1-2H3,(H,17,19)(H,18,20). The van der Waals surface area contributed by atoms with Crippen LogP contribution in [0.2, 0.25) is 0 Å². The summed E-state index contributed by atoms with van der Waals surface area (Å²) in [6, 6.07) is 7.55. The molecule has 112 valence electrons.